The SMILES string of the molecule is CC(NS(=O)(=O)c1ccc2c(c1)OCCCO2)C(=O)N(C)C1CCNC1.Cl. The van der Waals surface area contributed by atoms with Gasteiger partial charge in [-0.25, -0.2) is 8.42 Å². The van der Waals surface area contributed by atoms with Crippen molar-refractivity contribution < 1.29 is 22.7 Å². The van der Waals surface area contributed by atoms with E-state index in [-0.39, 0.29) is 29.3 Å². The maximum atomic E-state index is 12.7. The molecule has 3 rings (SSSR count). The maximum Gasteiger partial charge on any atom is 0.241 e. The Hall–Kier alpha value is -1.55. The van der Waals surface area contributed by atoms with Crippen LogP contribution in [0.25, 0.3) is 0 Å². The van der Waals surface area contributed by atoms with Crippen LogP contribution in [0.3, 0.4) is 0 Å². The molecule has 2 aliphatic heterocycles. The Morgan fingerprint density at radius 3 is 2.67 bits per heavy atom. The molecule has 2 unspecified atom stereocenters. The van der Waals surface area contributed by atoms with Gasteiger partial charge in [0.1, 0.15) is 0 Å². The average Bonchev–Trinajstić information content (AvgIpc) is 3.05. The lowest BCUT2D eigenvalue weighted by molar-refractivity contribution is -0.133. The predicted octanol–water partition coefficient (Wildman–Crippen LogP) is 0.757. The number of carbonyl (C=O) groups excluding carboxylic acids is 1. The van der Waals surface area contributed by atoms with Gasteiger partial charge in [-0.3, -0.25) is 4.79 Å². The second-order valence-corrected chi connectivity index (χ2v) is 8.31. The quantitative estimate of drug-likeness (QED) is 0.731. The molecule has 0 bridgehead atoms. The van der Waals surface area contributed by atoms with Crippen molar-refractivity contribution in [3.8, 4) is 11.5 Å². The number of carbonyl (C=O) groups is 1. The molecule has 1 aromatic rings. The van der Waals surface area contributed by atoms with Gasteiger partial charge in [0.25, 0.3) is 0 Å². The Balaban J connectivity index is 0.00000261. The number of ether oxygens (including phenoxy) is 2. The molecule has 152 valence electrons. The largest absolute Gasteiger partial charge is 0.490 e. The Kier molecular flexibility index (Phi) is 7.32. The van der Waals surface area contributed by atoms with E-state index in [1.807, 2.05) is 0 Å². The minimum atomic E-state index is -3.86. The van der Waals surface area contributed by atoms with Crippen LogP contribution in [0.15, 0.2) is 23.1 Å². The van der Waals surface area contributed by atoms with Crippen LogP contribution < -0.4 is 19.5 Å². The number of sulfonamides is 1. The van der Waals surface area contributed by atoms with Crippen molar-refractivity contribution in [2.75, 3.05) is 33.4 Å². The Labute approximate surface area is 166 Å². The smallest absolute Gasteiger partial charge is 0.241 e. The van der Waals surface area contributed by atoms with Crippen LogP contribution in [0.5, 0.6) is 11.5 Å². The van der Waals surface area contributed by atoms with Crippen molar-refractivity contribution in [3.63, 3.8) is 0 Å². The van der Waals surface area contributed by atoms with Crippen LogP contribution >= 0.6 is 12.4 Å². The molecule has 0 spiro atoms. The van der Waals surface area contributed by atoms with E-state index >= 15 is 0 Å². The minimum Gasteiger partial charge on any atom is -0.490 e. The lowest BCUT2D eigenvalue weighted by Crippen LogP contribution is -2.49. The molecule has 0 radical (unpaired) electrons. The molecule has 10 heteroatoms. The van der Waals surface area contributed by atoms with E-state index in [2.05, 4.69) is 10.0 Å². The summed E-state index contributed by atoms with van der Waals surface area (Å²) >= 11 is 0. The average molecular weight is 420 g/mol. The molecule has 2 heterocycles. The summed E-state index contributed by atoms with van der Waals surface area (Å²) in [6, 6.07) is 3.70. The van der Waals surface area contributed by atoms with Crippen LogP contribution in [0, 0.1) is 0 Å². The molecule has 1 fully saturated rings. The summed E-state index contributed by atoms with van der Waals surface area (Å²) in [4.78, 5) is 14.2. The van der Waals surface area contributed by atoms with Gasteiger partial charge >= 0.3 is 0 Å². The molecule has 1 amide bonds. The number of hydrogen-bond donors (Lipinski definition) is 2. The number of fused-ring (bicyclic) bond motifs is 1. The van der Waals surface area contributed by atoms with Crippen molar-refractivity contribution in [1.82, 2.24) is 14.9 Å². The first-order valence-electron chi connectivity index (χ1n) is 8.78. The Bertz CT molecular complexity index is 768. The van der Waals surface area contributed by atoms with Crippen LogP contribution in [0.2, 0.25) is 0 Å². The maximum absolute atomic E-state index is 12.7. The third-order valence-corrected chi connectivity index (χ3v) is 6.20. The molecule has 0 aliphatic carbocycles. The van der Waals surface area contributed by atoms with Crippen molar-refractivity contribution in [2.45, 2.75) is 36.7 Å². The van der Waals surface area contributed by atoms with Gasteiger partial charge in [0.15, 0.2) is 11.5 Å². The molecular weight excluding hydrogens is 394 g/mol. The van der Waals surface area contributed by atoms with Gasteiger partial charge < -0.3 is 19.7 Å². The topological polar surface area (TPSA) is 97.0 Å². The Morgan fingerprint density at radius 2 is 2.00 bits per heavy atom. The van der Waals surface area contributed by atoms with Crippen LogP contribution in [-0.4, -0.2) is 64.7 Å². The fraction of sp³-hybridized carbons (Fsp3) is 0.588. The highest BCUT2D eigenvalue weighted by atomic mass is 35.5. The first kappa shape index (κ1) is 21.7. The fourth-order valence-corrected chi connectivity index (χ4v) is 4.33. The summed E-state index contributed by atoms with van der Waals surface area (Å²) in [6.07, 6.45) is 1.60. The van der Waals surface area contributed by atoms with Crippen molar-refractivity contribution in [1.29, 1.82) is 0 Å². The number of nitrogens with zero attached hydrogens (tertiary/aromatic N) is 1. The molecule has 2 N–H and O–H groups in total. The highest BCUT2D eigenvalue weighted by molar-refractivity contribution is 7.89. The minimum absolute atomic E-state index is 0. The lowest BCUT2D eigenvalue weighted by atomic mass is 10.2. The number of nitrogens with one attached hydrogen (secondary N) is 2. The van der Waals surface area contributed by atoms with Crippen molar-refractivity contribution in [2.24, 2.45) is 0 Å². The summed E-state index contributed by atoms with van der Waals surface area (Å²) in [7, 11) is -2.15. The third-order valence-electron chi connectivity index (χ3n) is 4.66. The first-order chi connectivity index (χ1) is 12.4. The molecule has 2 atom stereocenters. The lowest BCUT2D eigenvalue weighted by Gasteiger charge is -2.27. The standard InChI is InChI=1S/C17H25N3O5S.ClH/c1-12(17(21)20(2)13-6-7-18-11-13)19-26(22,23)14-4-5-15-16(10-14)25-9-3-8-24-15;/h4-5,10,12-13,18-19H,3,6-9,11H2,1-2H3;1H. The predicted molar refractivity (Wildman–Crippen MR) is 103 cm³/mol. The summed E-state index contributed by atoms with van der Waals surface area (Å²) < 4.78 is 38.9. The van der Waals surface area contributed by atoms with E-state index in [1.54, 1.807) is 24.9 Å². The number of rotatable bonds is 5. The molecule has 27 heavy (non-hydrogen) atoms. The monoisotopic (exact) mass is 419 g/mol. The zero-order valence-electron chi connectivity index (χ0n) is 15.4. The van der Waals surface area contributed by atoms with E-state index in [4.69, 9.17) is 9.47 Å². The van der Waals surface area contributed by atoms with E-state index in [0.717, 1.165) is 25.9 Å². The normalized spacial score (nSPS) is 20.3. The van der Waals surface area contributed by atoms with Gasteiger partial charge in [0, 0.05) is 32.1 Å². The number of amides is 1. The highest BCUT2D eigenvalue weighted by Gasteiger charge is 2.29. The van der Waals surface area contributed by atoms with Crippen molar-refractivity contribution in [3.05, 3.63) is 18.2 Å². The van der Waals surface area contributed by atoms with E-state index in [9.17, 15) is 13.2 Å². The van der Waals surface area contributed by atoms with Gasteiger partial charge in [-0.2, -0.15) is 4.72 Å². The highest BCUT2D eigenvalue weighted by Crippen LogP contribution is 2.31. The summed E-state index contributed by atoms with van der Waals surface area (Å²) in [5, 5.41) is 3.20. The van der Waals surface area contributed by atoms with E-state index in [0.29, 0.717) is 24.7 Å². The van der Waals surface area contributed by atoms with Gasteiger partial charge in [-0.05, 0) is 32.0 Å². The summed E-state index contributed by atoms with van der Waals surface area (Å²) in [5.41, 5.74) is 0. The van der Waals surface area contributed by atoms with Crippen LogP contribution in [0.1, 0.15) is 19.8 Å². The van der Waals surface area contributed by atoms with Gasteiger partial charge in [-0.15, -0.1) is 12.4 Å². The molecule has 8 nitrogen and oxygen atoms in total. The van der Waals surface area contributed by atoms with Crippen molar-refractivity contribution >= 4 is 28.3 Å². The van der Waals surface area contributed by atoms with Gasteiger partial charge in [-0.1, -0.05) is 0 Å². The second-order valence-electron chi connectivity index (χ2n) is 6.60. The van der Waals surface area contributed by atoms with Gasteiger partial charge in [0.2, 0.25) is 15.9 Å². The molecule has 1 aromatic carbocycles. The summed E-state index contributed by atoms with van der Waals surface area (Å²) in [6.45, 7) is 4.15. The molecular formula is C17H26ClN3O5S. The van der Waals surface area contributed by atoms with Crippen LogP contribution in [0.4, 0.5) is 0 Å². The number of likely N-dealkylation sites (N-methyl/N-ethyl adjacent to an activating group) is 1. The molecule has 1 saturated heterocycles. The molecule has 0 saturated carbocycles. The van der Waals surface area contributed by atoms with E-state index in [1.165, 1.54) is 12.1 Å². The van der Waals surface area contributed by atoms with Gasteiger partial charge in [0.05, 0.1) is 24.2 Å². The Morgan fingerprint density at radius 1 is 1.30 bits per heavy atom. The van der Waals surface area contributed by atoms with Crippen LogP contribution in [-0.2, 0) is 14.8 Å². The zero-order valence-corrected chi connectivity index (χ0v) is 17.1. The summed E-state index contributed by atoms with van der Waals surface area (Å²) in [5.74, 6) is 0.675. The van der Waals surface area contributed by atoms with E-state index < -0.39 is 16.1 Å². The molecule has 0 aromatic heterocycles. The fourth-order valence-electron chi connectivity index (χ4n) is 3.12. The number of halogens is 1. The third kappa shape index (κ3) is 5.04. The number of hydrogen-bond acceptors (Lipinski definition) is 6. The number of benzene rings is 1. The first-order valence-corrected chi connectivity index (χ1v) is 10.3. The molecule has 2 aliphatic rings. The second kappa shape index (κ2) is 9.09. The zero-order chi connectivity index (χ0) is 18.7.